The van der Waals surface area contributed by atoms with Gasteiger partial charge in [-0.05, 0) is 48.9 Å². The minimum absolute atomic E-state index is 0.0143. The van der Waals surface area contributed by atoms with Crippen LogP contribution in [-0.2, 0) is 0 Å². The van der Waals surface area contributed by atoms with Crippen molar-refractivity contribution in [2.75, 3.05) is 7.11 Å². The van der Waals surface area contributed by atoms with Crippen LogP contribution in [0.1, 0.15) is 87.8 Å². The number of hydrogen-bond donors (Lipinski definition) is 0. The summed E-state index contributed by atoms with van der Waals surface area (Å²) >= 11 is 0. The maximum Gasteiger partial charge on any atom is 0.118 e. The summed E-state index contributed by atoms with van der Waals surface area (Å²) in [6.07, 6.45) is 14.7. The van der Waals surface area contributed by atoms with Crippen molar-refractivity contribution in [2.45, 2.75) is 88.4 Å². The van der Waals surface area contributed by atoms with E-state index >= 15 is 0 Å². The van der Waals surface area contributed by atoms with Crippen molar-refractivity contribution >= 4 is 5.71 Å². The molecule has 2 aromatic carbocycles. The Hall–Kier alpha value is -2.13. The Morgan fingerprint density at radius 3 is 1.90 bits per heavy atom. The van der Waals surface area contributed by atoms with Gasteiger partial charge in [0, 0.05) is 0 Å². The molecule has 1 unspecified atom stereocenters. The highest BCUT2D eigenvalue weighted by molar-refractivity contribution is 6.08. The molecule has 1 spiro atoms. The molecule has 0 bridgehead atoms. The highest BCUT2D eigenvalue weighted by Crippen LogP contribution is 2.58. The molecule has 3 nitrogen and oxygen atoms in total. The van der Waals surface area contributed by atoms with Crippen LogP contribution in [-0.4, -0.2) is 29.4 Å². The van der Waals surface area contributed by atoms with Crippen LogP contribution in [0.2, 0.25) is 0 Å². The number of rotatable bonds is 3. The minimum atomic E-state index is -0.0143. The van der Waals surface area contributed by atoms with Crippen molar-refractivity contribution in [3.05, 3.63) is 65.7 Å². The third-order valence-corrected chi connectivity index (χ3v) is 7.58. The molecule has 3 heteroatoms. The summed E-state index contributed by atoms with van der Waals surface area (Å²) in [4.78, 5) is 8.29. The first-order valence-corrected chi connectivity index (χ1v) is 12.4. The second kappa shape index (κ2) is 9.16. The Bertz CT molecular complexity index is 877. The van der Waals surface area contributed by atoms with Crippen molar-refractivity contribution in [1.82, 2.24) is 4.90 Å². The van der Waals surface area contributed by atoms with Gasteiger partial charge in [-0.3, -0.25) is 9.89 Å². The molecule has 2 aliphatic heterocycles. The third kappa shape index (κ3) is 4.17. The standard InChI is InChI=1S/C28H36N2O/c1-31-24-18-16-23(17-19-24)26-27-25(22-14-10-9-11-15-22)29-28(30(26)27)20-12-7-5-3-2-4-6-8-13-21-28/h9-11,14-19,26-27H,2-8,12-13,20-21H2,1H3/t26-,27-,30?/m1/s1. The summed E-state index contributed by atoms with van der Waals surface area (Å²) in [5, 5.41) is 0. The molecule has 2 aromatic rings. The second-order valence-electron chi connectivity index (χ2n) is 9.60. The van der Waals surface area contributed by atoms with E-state index in [-0.39, 0.29) is 5.66 Å². The molecule has 0 aromatic heterocycles. The zero-order valence-corrected chi connectivity index (χ0v) is 18.9. The van der Waals surface area contributed by atoms with Crippen molar-refractivity contribution < 1.29 is 4.74 Å². The summed E-state index contributed by atoms with van der Waals surface area (Å²) in [5.41, 5.74) is 4.00. The van der Waals surface area contributed by atoms with E-state index in [1.165, 1.54) is 87.5 Å². The normalized spacial score (nSPS) is 28.2. The number of methoxy groups -OCH3 is 1. The van der Waals surface area contributed by atoms with E-state index < -0.39 is 0 Å². The SMILES string of the molecule is COc1ccc([C@@H]2[C@H]3C(c4ccccc4)=NC4(CCCCCCCCCCC4)N32)cc1. The van der Waals surface area contributed by atoms with E-state index in [9.17, 15) is 0 Å². The molecule has 2 heterocycles. The van der Waals surface area contributed by atoms with E-state index in [1.54, 1.807) is 7.11 Å². The van der Waals surface area contributed by atoms with Crippen LogP contribution < -0.4 is 4.74 Å². The van der Waals surface area contributed by atoms with E-state index in [2.05, 4.69) is 59.5 Å². The molecule has 5 rings (SSSR count). The lowest BCUT2D eigenvalue weighted by atomic mass is 9.92. The summed E-state index contributed by atoms with van der Waals surface area (Å²) in [5.74, 6) is 0.933. The summed E-state index contributed by atoms with van der Waals surface area (Å²) in [7, 11) is 1.74. The minimum Gasteiger partial charge on any atom is -0.497 e. The lowest BCUT2D eigenvalue weighted by molar-refractivity contribution is 0.182. The average molecular weight is 417 g/mol. The Kier molecular flexibility index (Phi) is 6.13. The van der Waals surface area contributed by atoms with E-state index in [4.69, 9.17) is 9.73 Å². The first-order chi connectivity index (χ1) is 15.3. The van der Waals surface area contributed by atoms with Gasteiger partial charge in [0.1, 0.15) is 11.4 Å². The van der Waals surface area contributed by atoms with Crippen LogP contribution in [0.25, 0.3) is 0 Å². The number of ether oxygens (including phenoxy) is 1. The number of fused-ring (bicyclic) bond motifs is 2. The smallest absolute Gasteiger partial charge is 0.118 e. The predicted octanol–water partition coefficient (Wildman–Crippen LogP) is 6.92. The molecule has 0 radical (unpaired) electrons. The molecule has 0 N–H and O–H groups in total. The van der Waals surface area contributed by atoms with Gasteiger partial charge < -0.3 is 4.74 Å². The lowest BCUT2D eigenvalue weighted by Gasteiger charge is -2.31. The van der Waals surface area contributed by atoms with Gasteiger partial charge in [0.15, 0.2) is 0 Å². The quantitative estimate of drug-likeness (QED) is 0.507. The van der Waals surface area contributed by atoms with Gasteiger partial charge in [-0.25, -0.2) is 0 Å². The van der Waals surface area contributed by atoms with Gasteiger partial charge in [0.2, 0.25) is 0 Å². The van der Waals surface area contributed by atoms with Crippen LogP contribution >= 0.6 is 0 Å². The zero-order chi connectivity index (χ0) is 21.1. The van der Waals surface area contributed by atoms with Crippen LogP contribution in [0.3, 0.4) is 0 Å². The molecule has 1 saturated carbocycles. The molecule has 164 valence electrons. The Labute approximate surface area is 187 Å². The first kappa shape index (κ1) is 20.8. The topological polar surface area (TPSA) is 24.6 Å². The Morgan fingerprint density at radius 2 is 1.32 bits per heavy atom. The molecule has 1 saturated heterocycles. The molecule has 3 aliphatic rings. The van der Waals surface area contributed by atoms with Gasteiger partial charge in [-0.2, -0.15) is 0 Å². The van der Waals surface area contributed by atoms with Gasteiger partial charge in [-0.1, -0.05) is 87.4 Å². The first-order valence-electron chi connectivity index (χ1n) is 12.4. The van der Waals surface area contributed by atoms with Crippen molar-refractivity contribution in [3.8, 4) is 5.75 Å². The zero-order valence-electron chi connectivity index (χ0n) is 18.9. The van der Waals surface area contributed by atoms with Crippen LogP contribution in [0.4, 0.5) is 0 Å². The number of hydrogen-bond acceptors (Lipinski definition) is 3. The molecule has 2 fully saturated rings. The Morgan fingerprint density at radius 1 is 0.742 bits per heavy atom. The van der Waals surface area contributed by atoms with Gasteiger partial charge in [-0.15, -0.1) is 0 Å². The fraction of sp³-hybridized carbons (Fsp3) is 0.536. The van der Waals surface area contributed by atoms with E-state index in [1.807, 2.05) is 0 Å². The maximum atomic E-state index is 5.54. The number of aliphatic imine (C=N–C) groups is 1. The van der Waals surface area contributed by atoms with Crippen molar-refractivity contribution in [1.29, 1.82) is 0 Å². The molecule has 1 aliphatic carbocycles. The van der Waals surface area contributed by atoms with Crippen LogP contribution in [0.5, 0.6) is 5.75 Å². The predicted molar refractivity (Wildman–Crippen MR) is 128 cm³/mol. The summed E-state index contributed by atoms with van der Waals surface area (Å²) in [6, 6.07) is 20.5. The second-order valence-corrected chi connectivity index (χ2v) is 9.60. The lowest BCUT2D eigenvalue weighted by Crippen LogP contribution is -2.34. The van der Waals surface area contributed by atoms with Gasteiger partial charge >= 0.3 is 0 Å². The molecule has 31 heavy (non-hydrogen) atoms. The van der Waals surface area contributed by atoms with Crippen molar-refractivity contribution in [3.63, 3.8) is 0 Å². The summed E-state index contributed by atoms with van der Waals surface area (Å²) < 4.78 is 5.40. The third-order valence-electron chi connectivity index (χ3n) is 7.58. The van der Waals surface area contributed by atoms with E-state index in [0.29, 0.717) is 12.1 Å². The molecule has 0 amide bonds. The maximum absolute atomic E-state index is 5.54. The fourth-order valence-corrected chi connectivity index (χ4v) is 5.92. The highest BCUT2D eigenvalue weighted by atomic mass is 16.5. The Balaban J connectivity index is 1.47. The largest absolute Gasteiger partial charge is 0.497 e. The van der Waals surface area contributed by atoms with Crippen LogP contribution in [0.15, 0.2) is 59.6 Å². The average Bonchev–Trinajstić information content (AvgIpc) is 3.47. The van der Waals surface area contributed by atoms with Gasteiger partial charge in [0.25, 0.3) is 0 Å². The molecular formula is C28H36N2O. The monoisotopic (exact) mass is 416 g/mol. The summed E-state index contributed by atoms with van der Waals surface area (Å²) in [6.45, 7) is 0. The molecule has 3 atom stereocenters. The number of benzene rings is 2. The highest BCUT2D eigenvalue weighted by Gasteiger charge is 2.64. The van der Waals surface area contributed by atoms with Crippen molar-refractivity contribution in [2.24, 2.45) is 4.99 Å². The van der Waals surface area contributed by atoms with Crippen LogP contribution in [0, 0.1) is 0 Å². The fourth-order valence-electron chi connectivity index (χ4n) is 5.92. The van der Waals surface area contributed by atoms with E-state index in [0.717, 1.165) is 5.75 Å². The van der Waals surface area contributed by atoms with Gasteiger partial charge in [0.05, 0.1) is 24.9 Å². The number of nitrogens with zero attached hydrogens (tertiary/aromatic N) is 2. The molecular weight excluding hydrogens is 380 g/mol.